The van der Waals surface area contributed by atoms with Crippen molar-refractivity contribution in [2.75, 3.05) is 0 Å². The third-order valence-electron chi connectivity index (χ3n) is 0. The Balaban J connectivity index is 2.80. The molecule has 0 aliphatic carbocycles. The molecular formula is F2OZn. The van der Waals surface area contributed by atoms with E-state index in [2.05, 4.69) is 0 Å². The van der Waals surface area contributed by atoms with Gasteiger partial charge < -0.3 is 0 Å². The average Bonchev–Trinajstić information content (AvgIpc) is 0.811. The van der Waals surface area contributed by atoms with E-state index in [1.54, 1.807) is 0 Å². The third kappa shape index (κ3) is 46.8. The molecule has 0 aliphatic rings. The van der Waals surface area contributed by atoms with E-state index in [0.29, 0.717) is 0 Å². The number of halogens is 2. The van der Waals surface area contributed by atoms with Crippen LogP contribution in [0, 0.1) is 0 Å². The minimum absolute atomic E-state index is 4.88. The van der Waals surface area contributed by atoms with E-state index in [1.807, 2.05) is 0 Å². The van der Waals surface area contributed by atoms with E-state index in [9.17, 15) is 6.63 Å². The molecule has 0 N–H and O–H groups in total. The van der Waals surface area contributed by atoms with E-state index >= 15 is 0 Å². The van der Waals surface area contributed by atoms with E-state index in [-0.39, 0.29) is 0 Å². The zero-order valence-corrected chi connectivity index (χ0v) is 4.84. The van der Waals surface area contributed by atoms with Crippen LogP contribution in [0.25, 0.3) is 0 Å². The van der Waals surface area contributed by atoms with E-state index in [0.717, 1.165) is 0 Å². The Kier molecular flexibility index (Phi) is 1.70. The summed E-state index contributed by atoms with van der Waals surface area (Å²) < 4.78 is 28.4. The summed E-state index contributed by atoms with van der Waals surface area (Å²) in [5.41, 5.74) is 0. The van der Waals surface area contributed by atoms with Crippen molar-refractivity contribution in [2.45, 2.75) is 0 Å². The molecule has 0 saturated carbocycles. The van der Waals surface area contributed by atoms with E-state index < -0.39 is 16.9 Å². The van der Waals surface area contributed by atoms with Crippen molar-refractivity contribution in [3.8, 4) is 0 Å². The molecule has 0 spiro atoms. The molecule has 0 aromatic heterocycles. The fourth-order valence-corrected chi connectivity index (χ4v) is 0. The van der Waals surface area contributed by atoms with Crippen LogP contribution in [0.15, 0.2) is 0 Å². The maximum absolute atomic E-state index is 9.99. The summed E-state index contributed by atoms with van der Waals surface area (Å²) in [6, 6.07) is 0. The van der Waals surface area contributed by atoms with Crippen molar-refractivity contribution in [1.29, 1.82) is 0 Å². The maximum atomic E-state index is 9.99. The number of hydrogen-bond donors (Lipinski definition) is 0. The van der Waals surface area contributed by atoms with Gasteiger partial charge in [0.15, 0.2) is 0 Å². The minimum atomic E-state index is -4.88. The first-order valence-electron chi connectivity index (χ1n) is 0.823. The molecule has 0 atom stereocenters. The summed E-state index contributed by atoms with van der Waals surface area (Å²) in [5.74, 6) is 0. The first-order valence-corrected chi connectivity index (χ1v) is 4.28. The summed E-state index contributed by atoms with van der Waals surface area (Å²) in [6.45, 7) is 0. The van der Waals surface area contributed by atoms with Gasteiger partial charge in [0.2, 0.25) is 0 Å². The van der Waals surface area contributed by atoms with Crippen LogP contribution < -0.4 is 0 Å². The molecule has 0 bridgehead atoms. The Morgan fingerprint density at radius 1 is 1.50 bits per heavy atom. The molecule has 0 aromatic rings. The first-order chi connectivity index (χ1) is 1.73. The summed E-state index contributed by atoms with van der Waals surface area (Å²) in [6.07, 6.45) is 0. The average molecular weight is 119 g/mol. The SMILES string of the molecule is [O]=[Zn]([F])[F]. The zero-order chi connectivity index (χ0) is 3.58. The predicted octanol–water partition coefficient (Wildman–Crippen LogP) is 0.719. The summed E-state index contributed by atoms with van der Waals surface area (Å²) in [7, 11) is 0. The fourth-order valence-electron chi connectivity index (χ4n) is 0. The molecule has 0 unspecified atom stereocenters. The molecule has 0 radical (unpaired) electrons. The van der Waals surface area contributed by atoms with Gasteiger partial charge in [-0.2, -0.15) is 0 Å². The van der Waals surface area contributed by atoms with E-state index in [1.165, 1.54) is 0 Å². The summed E-state index contributed by atoms with van der Waals surface area (Å²) >= 11 is -4.88. The van der Waals surface area contributed by atoms with Gasteiger partial charge in [-0.3, -0.25) is 0 Å². The van der Waals surface area contributed by atoms with Gasteiger partial charge in [-0.25, -0.2) is 0 Å². The van der Waals surface area contributed by atoms with Gasteiger partial charge in [-0.1, -0.05) is 0 Å². The first kappa shape index (κ1) is 4.28. The van der Waals surface area contributed by atoms with Gasteiger partial charge in [-0.15, -0.1) is 0 Å². The van der Waals surface area contributed by atoms with Crippen molar-refractivity contribution in [3.63, 3.8) is 0 Å². The Hall–Kier alpha value is 0.283. The number of rotatable bonds is 0. The van der Waals surface area contributed by atoms with Crippen LogP contribution in [-0.2, 0) is 20.5 Å². The topological polar surface area (TPSA) is 17.1 Å². The molecule has 0 heterocycles. The van der Waals surface area contributed by atoms with Crippen LogP contribution in [0.2, 0.25) is 0 Å². The summed E-state index contributed by atoms with van der Waals surface area (Å²) in [4.78, 5) is 0. The van der Waals surface area contributed by atoms with Crippen molar-refractivity contribution >= 4 is 0 Å². The molecule has 22 valence electrons. The Labute approximate surface area is 27.9 Å². The van der Waals surface area contributed by atoms with Crippen molar-refractivity contribution in [3.05, 3.63) is 0 Å². The second kappa shape index (κ2) is 1.59. The van der Waals surface area contributed by atoms with Gasteiger partial charge in [0, 0.05) is 0 Å². The van der Waals surface area contributed by atoms with Gasteiger partial charge in [0.1, 0.15) is 0 Å². The van der Waals surface area contributed by atoms with Crippen molar-refractivity contribution < 1.29 is 27.1 Å². The Morgan fingerprint density at radius 2 is 1.50 bits per heavy atom. The number of hydrogen-bond acceptors (Lipinski definition) is 1. The van der Waals surface area contributed by atoms with Gasteiger partial charge in [0.05, 0.1) is 0 Å². The van der Waals surface area contributed by atoms with Crippen LogP contribution in [0.4, 0.5) is 6.63 Å². The predicted molar refractivity (Wildman–Crippen MR) is 2.90 cm³/mol. The van der Waals surface area contributed by atoms with Crippen LogP contribution in [-0.4, -0.2) is 0 Å². The molecule has 0 rings (SSSR count). The molecule has 4 heteroatoms. The molecule has 0 saturated heterocycles. The second-order valence-electron chi connectivity index (χ2n) is 0.319. The van der Waals surface area contributed by atoms with Crippen molar-refractivity contribution in [1.82, 2.24) is 0 Å². The third-order valence-corrected chi connectivity index (χ3v) is 0. The monoisotopic (exact) mass is 118 g/mol. The van der Waals surface area contributed by atoms with Crippen LogP contribution in [0.5, 0.6) is 0 Å². The second-order valence-corrected chi connectivity index (χ2v) is 1.66. The molecule has 1 nitrogen and oxygen atoms in total. The summed E-state index contributed by atoms with van der Waals surface area (Å²) in [5, 5.41) is 0. The Bertz CT molecular complexity index is 29.0. The standard InChI is InChI=1S/2FH.O.Zn/h2*1H;;/q;;;+2/p-2. The van der Waals surface area contributed by atoms with Gasteiger partial charge in [-0.05, 0) is 0 Å². The van der Waals surface area contributed by atoms with Crippen LogP contribution in [0.1, 0.15) is 0 Å². The van der Waals surface area contributed by atoms with Gasteiger partial charge >= 0.3 is 27.1 Å². The van der Waals surface area contributed by atoms with Gasteiger partial charge in [0.25, 0.3) is 0 Å². The normalized spacial score (nSPS) is 4.25. The molecule has 0 fully saturated rings. The molecule has 0 amide bonds. The van der Waals surface area contributed by atoms with Crippen LogP contribution >= 0.6 is 0 Å². The molecular weight excluding hydrogens is 119 g/mol. The zero-order valence-electron chi connectivity index (χ0n) is 1.87. The van der Waals surface area contributed by atoms with Crippen LogP contribution in [0.3, 0.4) is 0 Å². The molecule has 0 aliphatic heterocycles. The van der Waals surface area contributed by atoms with E-state index in [4.69, 9.17) is 3.57 Å². The van der Waals surface area contributed by atoms with Crippen molar-refractivity contribution in [2.24, 2.45) is 0 Å². The Morgan fingerprint density at radius 3 is 1.50 bits per heavy atom. The quantitative estimate of drug-likeness (QED) is 0.430. The molecule has 0 aromatic carbocycles. The molecule has 4 heavy (non-hydrogen) atoms. The fraction of sp³-hybridized carbons (Fsp3) is 0.